The van der Waals surface area contributed by atoms with Gasteiger partial charge in [0, 0.05) is 35.9 Å². The predicted molar refractivity (Wildman–Crippen MR) is 130 cm³/mol. The molecule has 2 aromatic carbocycles. The summed E-state index contributed by atoms with van der Waals surface area (Å²) in [6.45, 7) is 10.4. The maximum atomic E-state index is 15.0. The van der Waals surface area contributed by atoms with Gasteiger partial charge in [-0.15, -0.1) is 0 Å². The number of allylic oxidation sites excluding steroid dienone is 2. The van der Waals surface area contributed by atoms with Crippen molar-refractivity contribution >= 4 is 22.8 Å². The minimum absolute atomic E-state index is 0.305. The smallest absolute Gasteiger partial charge is 0.132 e. The molecule has 1 aromatic heterocycles. The minimum atomic E-state index is -1.01. The van der Waals surface area contributed by atoms with Gasteiger partial charge in [-0.2, -0.15) is 0 Å². The molecule has 1 aliphatic rings. The van der Waals surface area contributed by atoms with Crippen LogP contribution in [0.15, 0.2) is 71.6 Å². The van der Waals surface area contributed by atoms with Gasteiger partial charge in [0.2, 0.25) is 0 Å². The highest BCUT2D eigenvalue weighted by Crippen LogP contribution is 2.33. The Labute approximate surface area is 192 Å². The van der Waals surface area contributed by atoms with E-state index in [0.29, 0.717) is 35.7 Å². The van der Waals surface area contributed by atoms with Crippen LogP contribution >= 0.6 is 0 Å². The van der Waals surface area contributed by atoms with Gasteiger partial charge in [0.25, 0.3) is 0 Å². The van der Waals surface area contributed by atoms with Crippen molar-refractivity contribution < 1.29 is 14.2 Å². The summed E-state index contributed by atoms with van der Waals surface area (Å²) in [6, 6.07) is 10.5. The second-order valence-corrected chi connectivity index (χ2v) is 8.06. The van der Waals surface area contributed by atoms with Crippen molar-refractivity contribution in [1.82, 2.24) is 9.97 Å². The molecule has 1 N–H and O–H groups in total. The molecule has 0 spiro atoms. The predicted octanol–water partition coefficient (Wildman–Crippen LogP) is 4.86. The van der Waals surface area contributed by atoms with Gasteiger partial charge >= 0.3 is 0 Å². The van der Waals surface area contributed by atoms with Gasteiger partial charge in [-0.25, -0.2) is 14.4 Å². The van der Waals surface area contributed by atoms with Crippen LogP contribution in [0.2, 0.25) is 0 Å². The van der Waals surface area contributed by atoms with E-state index in [9.17, 15) is 9.50 Å². The molecule has 0 aliphatic carbocycles. The summed E-state index contributed by atoms with van der Waals surface area (Å²) in [4.78, 5) is 15.4. The molecule has 1 atom stereocenters. The summed E-state index contributed by atoms with van der Waals surface area (Å²) in [7, 11) is 0. The lowest BCUT2D eigenvalue weighted by molar-refractivity contribution is 0.122. The van der Waals surface area contributed by atoms with Crippen LogP contribution in [0.4, 0.5) is 10.1 Å². The third-order valence-corrected chi connectivity index (χ3v) is 5.65. The second-order valence-electron chi connectivity index (χ2n) is 8.06. The van der Waals surface area contributed by atoms with Gasteiger partial charge in [-0.3, -0.25) is 4.99 Å². The van der Waals surface area contributed by atoms with Crippen molar-refractivity contribution in [1.29, 1.82) is 0 Å². The number of rotatable bonds is 6. The molecule has 0 bridgehead atoms. The lowest BCUT2D eigenvalue weighted by Crippen LogP contribution is -2.36. The van der Waals surface area contributed by atoms with Crippen LogP contribution in [-0.4, -0.2) is 47.6 Å². The van der Waals surface area contributed by atoms with E-state index in [1.807, 2.05) is 32.0 Å². The maximum absolute atomic E-state index is 15.0. The fraction of sp³-hybridized carbons (Fsp3) is 0.269. The first-order valence-corrected chi connectivity index (χ1v) is 10.9. The van der Waals surface area contributed by atoms with Gasteiger partial charge in [0.15, 0.2) is 0 Å². The van der Waals surface area contributed by atoms with Crippen LogP contribution < -0.4 is 4.90 Å². The largest absolute Gasteiger partial charge is 0.382 e. The number of aromatic nitrogens is 2. The lowest BCUT2D eigenvalue weighted by atomic mass is 9.98. The third-order valence-electron chi connectivity index (χ3n) is 5.65. The number of hydrogen-bond acceptors (Lipinski definition) is 6. The number of benzene rings is 2. The molecule has 0 amide bonds. The van der Waals surface area contributed by atoms with Crippen molar-refractivity contribution in [2.75, 3.05) is 31.2 Å². The number of aliphatic hydroxyl groups is 1. The molecule has 3 aromatic rings. The van der Waals surface area contributed by atoms with Gasteiger partial charge in [-0.1, -0.05) is 24.3 Å². The molecule has 33 heavy (non-hydrogen) atoms. The Morgan fingerprint density at radius 3 is 2.70 bits per heavy atom. The first-order valence-electron chi connectivity index (χ1n) is 10.9. The van der Waals surface area contributed by atoms with Crippen LogP contribution in [0.25, 0.3) is 22.2 Å². The number of nitrogens with zero attached hydrogens (tertiary/aromatic N) is 4. The minimum Gasteiger partial charge on any atom is -0.382 e. The number of fused-ring (bicyclic) bond motifs is 1. The molecule has 1 fully saturated rings. The Kier molecular flexibility index (Phi) is 6.91. The van der Waals surface area contributed by atoms with E-state index in [0.717, 1.165) is 35.3 Å². The Bertz CT molecular complexity index is 1230. The average Bonchev–Trinajstić information content (AvgIpc) is 2.84. The first kappa shape index (κ1) is 22.8. The SMILES string of the molecule is C=C/C=N\C(=C(C)C)C(O)c1ccc(F)c(-c2ncnc3cc(N4CCOCC4)ccc23)c1. The summed E-state index contributed by atoms with van der Waals surface area (Å²) in [5, 5.41) is 11.7. The summed E-state index contributed by atoms with van der Waals surface area (Å²) in [6.07, 6.45) is 3.51. The number of hydrogen-bond donors (Lipinski definition) is 1. The van der Waals surface area contributed by atoms with Crippen LogP contribution in [-0.2, 0) is 4.74 Å². The Morgan fingerprint density at radius 1 is 1.18 bits per heavy atom. The van der Waals surface area contributed by atoms with Gasteiger partial charge in [0.05, 0.1) is 30.1 Å². The maximum Gasteiger partial charge on any atom is 0.132 e. The van der Waals surface area contributed by atoms with Crippen molar-refractivity contribution in [3.8, 4) is 11.3 Å². The molecule has 0 radical (unpaired) electrons. The van der Waals surface area contributed by atoms with Crippen molar-refractivity contribution in [2.24, 2.45) is 4.99 Å². The molecule has 170 valence electrons. The zero-order valence-electron chi connectivity index (χ0n) is 18.8. The standard InChI is InChI=1S/C26H27FN4O2/c1-4-9-28-24(17(2)3)26(32)18-5-8-22(27)21(14-18)25-20-7-6-19(15-23(20)29-16-30-25)31-10-12-33-13-11-31/h4-9,14-16,26,32H,1,10-13H2,2-3H3/b28-9-. The van der Waals surface area contributed by atoms with Crippen LogP contribution in [0.1, 0.15) is 25.5 Å². The number of aliphatic imine (C=N–C) groups is 1. The monoisotopic (exact) mass is 446 g/mol. The quantitative estimate of drug-likeness (QED) is 0.548. The molecule has 1 unspecified atom stereocenters. The Morgan fingerprint density at radius 2 is 1.97 bits per heavy atom. The van der Waals surface area contributed by atoms with Crippen molar-refractivity contribution in [3.63, 3.8) is 0 Å². The van der Waals surface area contributed by atoms with Crippen molar-refractivity contribution in [3.05, 3.63) is 78.0 Å². The molecular weight excluding hydrogens is 419 g/mol. The third kappa shape index (κ3) is 4.84. The van der Waals surface area contributed by atoms with Gasteiger partial charge in [-0.05, 0) is 49.7 Å². The molecule has 4 rings (SSSR count). The number of morpholine rings is 1. The fourth-order valence-corrected chi connectivity index (χ4v) is 3.94. The van der Waals surface area contributed by atoms with Gasteiger partial charge < -0.3 is 14.7 Å². The number of ether oxygens (including phenoxy) is 1. The normalized spacial score (nSPS) is 15.1. The Balaban J connectivity index is 1.76. The van der Waals surface area contributed by atoms with E-state index < -0.39 is 11.9 Å². The molecular formula is C26H27FN4O2. The zero-order chi connectivity index (χ0) is 23.4. The topological polar surface area (TPSA) is 70.8 Å². The molecule has 1 saturated heterocycles. The lowest BCUT2D eigenvalue weighted by Gasteiger charge is -2.29. The van der Waals surface area contributed by atoms with E-state index in [2.05, 4.69) is 26.4 Å². The van der Waals surface area contributed by atoms with E-state index in [1.165, 1.54) is 18.6 Å². The summed E-state index contributed by atoms with van der Waals surface area (Å²) in [5.41, 5.74) is 4.45. The summed E-state index contributed by atoms with van der Waals surface area (Å²) in [5.74, 6) is -0.420. The second kappa shape index (κ2) is 10.0. The van der Waals surface area contributed by atoms with E-state index in [-0.39, 0.29) is 0 Å². The highest BCUT2D eigenvalue weighted by atomic mass is 19.1. The number of aliphatic hydroxyl groups excluding tert-OH is 1. The van der Waals surface area contributed by atoms with Crippen LogP contribution in [0.3, 0.4) is 0 Å². The molecule has 1 aliphatic heterocycles. The molecule has 0 saturated carbocycles. The van der Waals surface area contributed by atoms with E-state index >= 15 is 0 Å². The molecule has 7 heteroatoms. The average molecular weight is 447 g/mol. The summed E-state index contributed by atoms with van der Waals surface area (Å²) >= 11 is 0. The summed E-state index contributed by atoms with van der Waals surface area (Å²) < 4.78 is 20.4. The number of anilines is 1. The van der Waals surface area contributed by atoms with E-state index in [4.69, 9.17) is 4.74 Å². The Hall–Kier alpha value is -3.42. The van der Waals surface area contributed by atoms with E-state index in [1.54, 1.807) is 18.2 Å². The first-order chi connectivity index (χ1) is 16.0. The zero-order valence-corrected chi connectivity index (χ0v) is 18.8. The van der Waals surface area contributed by atoms with Crippen molar-refractivity contribution in [2.45, 2.75) is 20.0 Å². The number of halogens is 1. The molecule has 2 heterocycles. The highest BCUT2D eigenvalue weighted by molar-refractivity contribution is 5.94. The highest BCUT2D eigenvalue weighted by Gasteiger charge is 2.19. The molecule has 6 nitrogen and oxygen atoms in total. The van der Waals surface area contributed by atoms with Crippen LogP contribution in [0, 0.1) is 5.82 Å². The fourth-order valence-electron chi connectivity index (χ4n) is 3.94. The van der Waals surface area contributed by atoms with Gasteiger partial charge in [0.1, 0.15) is 18.2 Å². The van der Waals surface area contributed by atoms with Crippen LogP contribution in [0.5, 0.6) is 0 Å².